The minimum absolute atomic E-state index is 0.0796. The molecule has 1 nitrogen and oxygen atoms in total. The van der Waals surface area contributed by atoms with Gasteiger partial charge in [0.15, 0.2) is 0 Å². The van der Waals surface area contributed by atoms with Crippen LogP contribution in [0.1, 0.15) is 74.9 Å². The summed E-state index contributed by atoms with van der Waals surface area (Å²) in [6.45, 7) is 13.7. The largest absolute Gasteiger partial charge is 0.354 e. The first-order chi connectivity index (χ1) is 22.5. The zero-order valence-corrected chi connectivity index (χ0v) is 28.9. The number of hydrogen-bond acceptors (Lipinski definition) is 2. The molecule has 0 radical (unpaired) electrons. The van der Waals surface area contributed by atoms with Gasteiger partial charge in [0, 0.05) is 21.2 Å². The molecule has 2 heteroatoms. The summed E-state index contributed by atoms with van der Waals surface area (Å²) in [6, 6.07) is 50.2. The second-order valence-corrected chi connectivity index (χ2v) is 16.2. The molecule has 1 heterocycles. The Kier molecular flexibility index (Phi) is 6.76. The van der Waals surface area contributed by atoms with Crippen LogP contribution in [0, 0.1) is 0 Å². The molecule has 1 N–H and O–H groups in total. The molecule has 0 spiro atoms. The highest BCUT2D eigenvalue weighted by atomic mass is 32.1. The highest BCUT2D eigenvalue weighted by Gasteiger charge is 2.46. The minimum atomic E-state index is -0.458. The van der Waals surface area contributed by atoms with Crippen molar-refractivity contribution in [2.45, 2.75) is 57.8 Å². The molecule has 0 fully saturated rings. The average Bonchev–Trinajstić information content (AvgIpc) is 3.59. The molecule has 1 aromatic heterocycles. The van der Waals surface area contributed by atoms with E-state index in [9.17, 15) is 0 Å². The van der Waals surface area contributed by atoms with E-state index in [-0.39, 0.29) is 10.8 Å². The van der Waals surface area contributed by atoms with Gasteiger partial charge in [0.1, 0.15) is 0 Å². The maximum Gasteiger partial charge on any atom is 0.0714 e. The molecule has 6 aromatic carbocycles. The lowest BCUT2D eigenvalue weighted by Gasteiger charge is -2.35. The van der Waals surface area contributed by atoms with Crippen LogP contribution in [0.2, 0.25) is 0 Å². The predicted octanol–water partition coefficient (Wildman–Crippen LogP) is 12.8. The number of fused-ring (bicyclic) bond motifs is 6. The SMILES string of the molecule is CC(C)(C)c1ccc(C2(c3ccc(C(C)(C)C)cc3)c3ccccc3-c3ccc(Nc4cccc5c4sc4ccccc45)cc32)cc1. The Bertz CT molecular complexity index is 2210. The first-order valence-corrected chi connectivity index (χ1v) is 17.5. The number of anilines is 2. The summed E-state index contributed by atoms with van der Waals surface area (Å²) in [5.41, 5.74) is 12.5. The van der Waals surface area contributed by atoms with Crippen LogP contribution in [0.15, 0.2) is 133 Å². The van der Waals surface area contributed by atoms with Gasteiger partial charge in [-0.3, -0.25) is 0 Å². The van der Waals surface area contributed by atoms with Gasteiger partial charge in [-0.05, 0) is 79.6 Å². The smallest absolute Gasteiger partial charge is 0.0714 e. The third-order valence-corrected chi connectivity index (χ3v) is 11.3. The van der Waals surface area contributed by atoms with Crippen LogP contribution < -0.4 is 5.32 Å². The number of thiophene rings is 1. The van der Waals surface area contributed by atoms with Crippen molar-refractivity contribution >= 4 is 42.9 Å². The number of rotatable bonds is 4. The van der Waals surface area contributed by atoms with Crippen molar-refractivity contribution in [3.05, 3.63) is 167 Å². The molecule has 1 aliphatic rings. The van der Waals surface area contributed by atoms with E-state index in [1.807, 2.05) is 11.3 Å². The second kappa shape index (κ2) is 10.7. The van der Waals surface area contributed by atoms with E-state index in [2.05, 4.69) is 180 Å². The van der Waals surface area contributed by atoms with Gasteiger partial charge in [0.2, 0.25) is 0 Å². The Morgan fingerprint density at radius 3 is 1.74 bits per heavy atom. The van der Waals surface area contributed by atoms with Crippen LogP contribution >= 0.6 is 11.3 Å². The zero-order chi connectivity index (χ0) is 32.6. The molecule has 0 bridgehead atoms. The fourth-order valence-corrected chi connectivity index (χ4v) is 8.76. The van der Waals surface area contributed by atoms with Crippen molar-refractivity contribution in [2.75, 3.05) is 5.32 Å². The van der Waals surface area contributed by atoms with E-state index < -0.39 is 5.41 Å². The van der Waals surface area contributed by atoms with E-state index in [1.54, 1.807) is 0 Å². The summed E-state index contributed by atoms with van der Waals surface area (Å²) in [5, 5.41) is 6.49. The lowest BCUT2D eigenvalue weighted by Crippen LogP contribution is -2.29. The van der Waals surface area contributed by atoms with E-state index in [0.717, 1.165) is 11.4 Å². The number of benzene rings is 6. The molecule has 47 heavy (non-hydrogen) atoms. The molecule has 1 aliphatic carbocycles. The standard InChI is InChI=1S/C45H41NS/c1-43(2,3)29-18-22-31(23-19-29)45(32-24-20-30(21-25-32)44(4,5)6)38-15-9-7-12-34(38)35-27-26-33(28-39(35)45)46-40-16-11-14-37-36-13-8-10-17-41(36)47-42(37)40/h7-28,46H,1-6H3. The first-order valence-electron chi connectivity index (χ1n) is 16.7. The minimum Gasteiger partial charge on any atom is -0.354 e. The summed E-state index contributed by atoms with van der Waals surface area (Å²) >= 11 is 1.86. The molecule has 0 saturated heterocycles. The number of nitrogens with one attached hydrogen (secondary N) is 1. The molecule has 0 atom stereocenters. The van der Waals surface area contributed by atoms with E-state index >= 15 is 0 Å². The van der Waals surface area contributed by atoms with Gasteiger partial charge >= 0.3 is 0 Å². The summed E-state index contributed by atoms with van der Waals surface area (Å²) in [7, 11) is 0. The fraction of sp³-hybridized carbons (Fsp3) is 0.200. The Hall–Kier alpha value is -4.66. The van der Waals surface area contributed by atoms with Crippen molar-refractivity contribution in [1.29, 1.82) is 0 Å². The monoisotopic (exact) mass is 627 g/mol. The molecular weight excluding hydrogens is 587 g/mol. The highest BCUT2D eigenvalue weighted by Crippen LogP contribution is 2.57. The van der Waals surface area contributed by atoms with Crippen molar-refractivity contribution in [1.82, 2.24) is 0 Å². The summed E-state index contributed by atoms with van der Waals surface area (Å²) in [4.78, 5) is 0. The van der Waals surface area contributed by atoms with Gasteiger partial charge < -0.3 is 5.32 Å². The maximum atomic E-state index is 3.87. The van der Waals surface area contributed by atoms with Gasteiger partial charge in [-0.2, -0.15) is 0 Å². The van der Waals surface area contributed by atoms with Crippen LogP contribution in [0.5, 0.6) is 0 Å². The lowest BCUT2D eigenvalue weighted by atomic mass is 9.67. The summed E-state index contributed by atoms with van der Waals surface area (Å²) < 4.78 is 2.61. The van der Waals surface area contributed by atoms with Gasteiger partial charge in [-0.25, -0.2) is 0 Å². The maximum absolute atomic E-state index is 3.87. The Morgan fingerprint density at radius 1 is 0.511 bits per heavy atom. The molecule has 0 amide bonds. The van der Waals surface area contributed by atoms with E-state index in [1.165, 1.54) is 64.7 Å². The zero-order valence-electron chi connectivity index (χ0n) is 28.1. The van der Waals surface area contributed by atoms with Gasteiger partial charge in [-0.15, -0.1) is 11.3 Å². The van der Waals surface area contributed by atoms with Gasteiger partial charge in [0.25, 0.3) is 0 Å². The van der Waals surface area contributed by atoms with E-state index in [0.29, 0.717) is 0 Å². The molecule has 0 unspecified atom stereocenters. The quantitative estimate of drug-likeness (QED) is 0.205. The van der Waals surface area contributed by atoms with Gasteiger partial charge in [-0.1, -0.05) is 151 Å². The molecule has 7 aromatic rings. The molecule has 8 rings (SSSR count). The molecule has 0 saturated carbocycles. The Morgan fingerprint density at radius 2 is 1.09 bits per heavy atom. The third-order valence-electron chi connectivity index (χ3n) is 10.1. The van der Waals surface area contributed by atoms with Crippen molar-refractivity contribution in [3.63, 3.8) is 0 Å². The topological polar surface area (TPSA) is 12.0 Å². The van der Waals surface area contributed by atoms with E-state index in [4.69, 9.17) is 0 Å². The third kappa shape index (κ3) is 4.73. The van der Waals surface area contributed by atoms with Crippen LogP contribution in [0.4, 0.5) is 11.4 Å². The first kappa shape index (κ1) is 29.7. The summed E-state index contributed by atoms with van der Waals surface area (Å²) in [5.74, 6) is 0. The molecule has 0 aliphatic heterocycles. The van der Waals surface area contributed by atoms with Gasteiger partial charge in [0.05, 0.1) is 15.8 Å². The van der Waals surface area contributed by atoms with Crippen LogP contribution in [-0.2, 0) is 16.2 Å². The van der Waals surface area contributed by atoms with Crippen molar-refractivity contribution in [3.8, 4) is 11.1 Å². The Balaban J connectivity index is 1.35. The average molecular weight is 628 g/mol. The van der Waals surface area contributed by atoms with Crippen LogP contribution in [-0.4, -0.2) is 0 Å². The Labute approximate surface area is 282 Å². The normalized spacial score (nSPS) is 13.9. The molecular formula is C45H41NS. The summed E-state index contributed by atoms with van der Waals surface area (Å²) in [6.07, 6.45) is 0. The number of hydrogen-bond donors (Lipinski definition) is 1. The fourth-order valence-electron chi connectivity index (χ4n) is 7.59. The van der Waals surface area contributed by atoms with Crippen molar-refractivity contribution < 1.29 is 0 Å². The second-order valence-electron chi connectivity index (χ2n) is 15.1. The van der Waals surface area contributed by atoms with Crippen LogP contribution in [0.3, 0.4) is 0 Å². The van der Waals surface area contributed by atoms with Crippen molar-refractivity contribution in [2.24, 2.45) is 0 Å². The lowest BCUT2D eigenvalue weighted by molar-refractivity contribution is 0.588. The van der Waals surface area contributed by atoms with Crippen LogP contribution in [0.25, 0.3) is 31.3 Å². The molecule has 232 valence electrons. The highest BCUT2D eigenvalue weighted by molar-refractivity contribution is 7.26. The predicted molar refractivity (Wildman–Crippen MR) is 204 cm³/mol.